The summed E-state index contributed by atoms with van der Waals surface area (Å²) in [4.78, 5) is 0. The summed E-state index contributed by atoms with van der Waals surface area (Å²) in [6.45, 7) is 0. The molecule has 0 atom stereocenters. The highest BCUT2D eigenvalue weighted by atomic mass is 15.0. The predicted molar refractivity (Wildman–Crippen MR) is 192 cm³/mol. The van der Waals surface area contributed by atoms with Crippen LogP contribution in [0.2, 0.25) is 0 Å². The molecule has 0 N–H and O–H groups in total. The standard InChI is InChI=1S/C44H31N/c1-4-12-33(13-5-1)35-22-20-32(21-23-35)30-41(37-26-24-36(25-27-37)34-14-6-2-7-15-34)38-28-29-44-42(31-38)40-18-10-11-19-43(40)45(44)39-16-8-3-9-17-39/h1-31H/b41-30+. The molecular weight excluding hydrogens is 542 g/mol. The van der Waals surface area contributed by atoms with E-state index >= 15 is 0 Å². The van der Waals surface area contributed by atoms with Crippen LogP contribution in [-0.4, -0.2) is 4.57 Å². The highest BCUT2D eigenvalue weighted by Gasteiger charge is 2.15. The van der Waals surface area contributed by atoms with Gasteiger partial charge in [0.1, 0.15) is 0 Å². The highest BCUT2D eigenvalue weighted by molar-refractivity contribution is 6.10. The smallest absolute Gasteiger partial charge is 0.0541 e. The fraction of sp³-hybridized carbons (Fsp3) is 0. The van der Waals surface area contributed by atoms with E-state index in [4.69, 9.17) is 0 Å². The van der Waals surface area contributed by atoms with Crippen molar-refractivity contribution in [1.29, 1.82) is 0 Å². The van der Waals surface area contributed by atoms with Gasteiger partial charge in [0.25, 0.3) is 0 Å². The van der Waals surface area contributed by atoms with Gasteiger partial charge in [0.15, 0.2) is 0 Å². The van der Waals surface area contributed by atoms with Gasteiger partial charge in [-0.15, -0.1) is 0 Å². The molecule has 0 fully saturated rings. The van der Waals surface area contributed by atoms with Crippen LogP contribution in [0.4, 0.5) is 0 Å². The van der Waals surface area contributed by atoms with Crippen molar-refractivity contribution < 1.29 is 0 Å². The van der Waals surface area contributed by atoms with Crippen molar-refractivity contribution in [3.05, 3.63) is 199 Å². The third kappa shape index (κ3) is 5.15. The first-order valence-electron chi connectivity index (χ1n) is 15.4. The van der Waals surface area contributed by atoms with Gasteiger partial charge in [-0.05, 0) is 80.9 Å². The van der Waals surface area contributed by atoms with Gasteiger partial charge in [0.05, 0.1) is 11.0 Å². The topological polar surface area (TPSA) is 4.93 Å². The molecule has 1 nitrogen and oxygen atoms in total. The maximum Gasteiger partial charge on any atom is 0.0541 e. The van der Waals surface area contributed by atoms with Crippen LogP contribution in [0.3, 0.4) is 0 Å². The van der Waals surface area contributed by atoms with E-state index in [9.17, 15) is 0 Å². The molecule has 0 aliphatic carbocycles. The van der Waals surface area contributed by atoms with Gasteiger partial charge >= 0.3 is 0 Å². The van der Waals surface area contributed by atoms with E-state index in [1.165, 1.54) is 72.0 Å². The molecule has 0 spiro atoms. The second kappa shape index (κ2) is 11.6. The molecule has 8 aromatic rings. The van der Waals surface area contributed by atoms with Gasteiger partial charge < -0.3 is 4.57 Å². The van der Waals surface area contributed by atoms with Crippen LogP contribution < -0.4 is 0 Å². The lowest BCUT2D eigenvalue weighted by atomic mass is 9.92. The lowest BCUT2D eigenvalue weighted by Gasteiger charge is -2.12. The van der Waals surface area contributed by atoms with Crippen molar-refractivity contribution in [2.75, 3.05) is 0 Å². The Morgan fingerprint density at radius 3 is 1.51 bits per heavy atom. The van der Waals surface area contributed by atoms with E-state index in [-0.39, 0.29) is 0 Å². The second-order valence-electron chi connectivity index (χ2n) is 11.4. The largest absolute Gasteiger partial charge is 0.309 e. The zero-order valence-corrected chi connectivity index (χ0v) is 24.8. The third-order valence-corrected chi connectivity index (χ3v) is 8.63. The Morgan fingerprint density at radius 1 is 0.378 bits per heavy atom. The molecule has 0 aliphatic rings. The van der Waals surface area contributed by atoms with Crippen molar-refractivity contribution in [1.82, 2.24) is 4.57 Å². The number of hydrogen-bond acceptors (Lipinski definition) is 0. The van der Waals surface area contributed by atoms with E-state index in [2.05, 4.69) is 193 Å². The first kappa shape index (κ1) is 26.7. The summed E-state index contributed by atoms with van der Waals surface area (Å²) in [5.74, 6) is 0. The Morgan fingerprint density at radius 2 is 0.867 bits per heavy atom. The van der Waals surface area contributed by atoms with Crippen LogP contribution in [0.1, 0.15) is 16.7 Å². The van der Waals surface area contributed by atoms with Crippen molar-refractivity contribution >= 4 is 33.5 Å². The number of hydrogen-bond donors (Lipinski definition) is 0. The van der Waals surface area contributed by atoms with E-state index in [1.807, 2.05) is 0 Å². The third-order valence-electron chi connectivity index (χ3n) is 8.63. The Labute approximate surface area is 264 Å². The van der Waals surface area contributed by atoms with Crippen LogP contribution in [0.5, 0.6) is 0 Å². The predicted octanol–water partition coefficient (Wildman–Crippen LogP) is 11.7. The van der Waals surface area contributed by atoms with Crippen LogP contribution in [0.15, 0.2) is 182 Å². The summed E-state index contributed by atoms with van der Waals surface area (Å²) >= 11 is 0. The minimum Gasteiger partial charge on any atom is -0.309 e. The molecule has 45 heavy (non-hydrogen) atoms. The molecule has 0 amide bonds. The normalized spacial score (nSPS) is 11.7. The monoisotopic (exact) mass is 573 g/mol. The van der Waals surface area contributed by atoms with Crippen molar-refractivity contribution in [2.45, 2.75) is 0 Å². The van der Waals surface area contributed by atoms with E-state index in [0.29, 0.717) is 0 Å². The molecule has 0 bridgehead atoms. The fourth-order valence-electron chi connectivity index (χ4n) is 6.37. The van der Waals surface area contributed by atoms with Crippen molar-refractivity contribution in [3.8, 4) is 27.9 Å². The number of nitrogens with zero attached hydrogens (tertiary/aromatic N) is 1. The Kier molecular flexibility index (Phi) is 6.90. The maximum absolute atomic E-state index is 2.37. The average Bonchev–Trinajstić information content (AvgIpc) is 3.46. The summed E-state index contributed by atoms with van der Waals surface area (Å²) in [6, 6.07) is 65.3. The second-order valence-corrected chi connectivity index (χ2v) is 11.4. The molecule has 0 saturated carbocycles. The minimum absolute atomic E-state index is 1.17. The zero-order valence-electron chi connectivity index (χ0n) is 24.8. The van der Waals surface area contributed by atoms with E-state index in [1.54, 1.807) is 0 Å². The summed E-state index contributed by atoms with van der Waals surface area (Å²) in [6.07, 6.45) is 2.32. The molecule has 0 unspecified atom stereocenters. The van der Waals surface area contributed by atoms with Gasteiger partial charge in [-0.25, -0.2) is 0 Å². The SMILES string of the molecule is C(=C(/c1ccc(-c2ccccc2)cc1)c1ccc2c(c1)c1ccccc1n2-c1ccccc1)/c1ccc(-c2ccccc2)cc1. The summed E-state index contributed by atoms with van der Waals surface area (Å²) in [5, 5.41) is 2.50. The fourth-order valence-corrected chi connectivity index (χ4v) is 6.37. The number of rotatable bonds is 6. The molecule has 0 radical (unpaired) electrons. The molecule has 1 aromatic heterocycles. The summed E-state index contributed by atoms with van der Waals surface area (Å²) in [5.41, 5.74) is 13.2. The maximum atomic E-state index is 2.37. The van der Waals surface area contributed by atoms with E-state index < -0.39 is 0 Å². The number of benzene rings is 7. The highest BCUT2D eigenvalue weighted by Crippen LogP contribution is 2.36. The Hall–Kier alpha value is -5.92. The van der Waals surface area contributed by atoms with Gasteiger partial charge in [-0.2, -0.15) is 0 Å². The van der Waals surface area contributed by atoms with Gasteiger partial charge in [0, 0.05) is 16.5 Å². The Balaban J connectivity index is 1.28. The van der Waals surface area contributed by atoms with E-state index in [0.717, 1.165) is 0 Å². The molecule has 212 valence electrons. The first-order valence-corrected chi connectivity index (χ1v) is 15.4. The summed E-state index contributed by atoms with van der Waals surface area (Å²) in [7, 11) is 0. The van der Waals surface area contributed by atoms with Crippen LogP contribution >= 0.6 is 0 Å². The van der Waals surface area contributed by atoms with Gasteiger partial charge in [0.2, 0.25) is 0 Å². The van der Waals surface area contributed by atoms with Crippen LogP contribution in [0.25, 0.3) is 61.4 Å². The van der Waals surface area contributed by atoms with Crippen LogP contribution in [0, 0.1) is 0 Å². The molecule has 1 heterocycles. The minimum atomic E-state index is 1.17. The quantitative estimate of drug-likeness (QED) is 0.174. The number of aromatic nitrogens is 1. The lowest BCUT2D eigenvalue weighted by molar-refractivity contribution is 1.18. The molecule has 0 aliphatic heterocycles. The molecular formula is C44H31N. The first-order chi connectivity index (χ1) is 22.3. The molecule has 0 saturated heterocycles. The van der Waals surface area contributed by atoms with Gasteiger partial charge in [-0.1, -0.05) is 152 Å². The molecule has 7 aromatic carbocycles. The lowest BCUT2D eigenvalue weighted by Crippen LogP contribution is -1.93. The molecule has 8 rings (SSSR count). The van der Waals surface area contributed by atoms with Crippen LogP contribution in [-0.2, 0) is 0 Å². The summed E-state index contributed by atoms with van der Waals surface area (Å²) < 4.78 is 2.37. The van der Waals surface area contributed by atoms with Crippen molar-refractivity contribution in [2.24, 2.45) is 0 Å². The zero-order chi connectivity index (χ0) is 30.0. The molecule has 1 heteroatoms. The number of para-hydroxylation sites is 2. The Bertz CT molecular complexity index is 2260. The number of fused-ring (bicyclic) bond motifs is 3. The van der Waals surface area contributed by atoms with Crippen molar-refractivity contribution in [3.63, 3.8) is 0 Å². The average molecular weight is 574 g/mol. The van der Waals surface area contributed by atoms with Gasteiger partial charge in [-0.3, -0.25) is 0 Å².